The molecule has 4 rings (SSSR count). The predicted octanol–water partition coefficient (Wildman–Crippen LogP) is 3.89. The summed E-state index contributed by atoms with van der Waals surface area (Å²) in [6.07, 6.45) is 7.09. The fraction of sp³-hybridized carbons (Fsp3) is 0.312. The summed E-state index contributed by atoms with van der Waals surface area (Å²) in [4.78, 5) is 16.0. The third-order valence-electron chi connectivity index (χ3n) is 3.63. The van der Waals surface area contributed by atoms with Gasteiger partial charge < -0.3 is 5.32 Å². The largest absolute Gasteiger partial charge is 0.367 e. The monoisotopic (exact) mass is 296 g/mol. The Labute approximate surface area is 127 Å². The topological polar surface area (TPSA) is 50.7 Å². The van der Waals surface area contributed by atoms with Gasteiger partial charge >= 0.3 is 0 Å². The lowest BCUT2D eigenvalue weighted by atomic mass is 10.2. The molecule has 1 aliphatic carbocycles. The standard InChI is InChI=1S/C16H16N4S/c1-2-12-8-13-15(18-11-5-6-11)19-14(20-16(13)21-12)10-4-3-7-17-9-10/h3-4,7-9,11H,2,5-6H2,1H3,(H,18,19,20). The highest BCUT2D eigenvalue weighted by Gasteiger charge is 2.23. The average molecular weight is 296 g/mol. The van der Waals surface area contributed by atoms with E-state index in [1.165, 1.54) is 17.7 Å². The van der Waals surface area contributed by atoms with Gasteiger partial charge in [0.25, 0.3) is 0 Å². The van der Waals surface area contributed by atoms with Crippen molar-refractivity contribution < 1.29 is 0 Å². The van der Waals surface area contributed by atoms with Crippen molar-refractivity contribution in [1.82, 2.24) is 15.0 Å². The summed E-state index contributed by atoms with van der Waals surface area (Å²) in [7, 11) is 0. The van der Waals surface area contributed by atoms with Crippen LogP contribution in [-0.4, -0.2) is 21.0 Å². The number of aromatic nitrogens is 3. The second-order valence-corrected chi connectivity index (χ2v) is 6.46. The van der Waals surface area contributed by atoms with Crippen LogP contribution < -0.4 is 5.32 Å². The quantitative estimate of drug-likeness (QED) is 0.793. The lowest BCUT2D eigenvalue weighted by molar-refractivity contribution is 1.11. The number of hydrogen-bond acceptors (Lipinski definition) is 5. The van der Waals surface area contributed by atoms with Crippen LogP contribution in [0.25, 0.3) is 21.6 Å². The zero-order valence-corrected chi connectivity index (χ0v) is 12.7. The van der Waals surface area contributed by atoms with E-state index in [-0.39, 0.29) is 0 Å². The molecule has 0 radical (unpaired) electrons. The maximum atomic E-state index is 4.74. The molecule has 1 fully saturated rings. The van der Waals surface area contributed by atoms with Crippen molar-refractivity contribution in [1.29, 1.82) is 0 Å². The zero-order chi connectivity index (χ0) is 14.2. The first-order valence-electron chi connectivity index (χ1n) is 7.31. The molecule has 106 valence electrons. The molecule has 1 aliphatic rings. The van der Waals surface area contributed by atoms with Crippen molar-refractivity contribution in [3.05, 3.63) is 35.5 Å². The van der Waals surface area contributed by atoms with Gasteiger partial charge in [0.1, 0.15) is 10.6 Å². The van der Waals surface area contributed by atoms with Crippen LogP contribution in [0.4, 0.5) is 5.82 Å². The summed E-state index contributed by atoms with van der Waals surface area (Å²) in [6.45, 7) is 2.17. The Kier molecular flexibility index (Phi) is 3.07. The molecule has 0 saturated heterocycles. The maximum Gasteiger partial charge on any atom is 0.164 e. The van der Waals surface area contributed by atoms with Crippen molar-refractivity contribution >= 4 is 27.4 Å². The zero-order valence-electron chi connectivity index (χ0n) is 11.8. The molecule has 21 heavy (non-hydrogen) atoms. The van der Waals surface area contributed by atoms with Crippen molar-refractivity contribution in [2.75, 3.05) is 5.32 Å². The lowest BCUT2D eigenvalue weighted by Gasteiger charge is -2.07. The number of hydrogen-bond donors (Lipinski definition) is 1. The molecule has 3 aromatic rings. The fourth-order valence-electron chi connectivity index (χ4n) is 2.30. The molecular weight excluding hydrogens is 280 g/mol. The Hall–Kier alpha value is -2.01. The van der Waals surface area contributed by atoms with Crippen LogP contribution in [0.3, 0.4) is 0 Å². The smallest absolute Gasteiger partial charge is 0.164 e. The Morgan fingerprint density at radius 2 is 2.24 bits per heavy atom. The number of anilines is 1. The summed E-state index contributed by atoms with van der Waals surface area (Å²) in [6, 6.07) is 6.72. The minimum Gasteiger partial charge on any atom is -0.367 e. The lowest BCUT2D eigenvalue weighted by Crippen LogP contribution is -2.05. The van der Waals surface area contributed by atoms with Gasteiger partial charge in [-0.15, -0.1) is 11.3 Å². The minimum absolute atomic E-state index is 0.579. The first-order valence-corrected chi connectivity index (χ1v) is 8.12. The highest BCUT2D eigenvalue weighted by atomic mass is 32.1. The number of pyridine rings is 1. The van der Waals surface area contributed by atoms with Gasteiger partial charge in [0.05, 0.1) is 5.39 Å². The number of thiophene rings is 1. The molecule has 0 aliphatic heterocycles. The molecule has 0 atom stereocenters. The van der Waals surface area contributed by atoms with E-state index in [0.29, 0.717) is 6.04 Å². The molecule has 0 spiro atoms. The molecule has 4 nitrogen and oxygen atoms in total. The van der Waals surface area contributed by atoms with E-state index < -0.39 is 0 Å². The Morgan fingerprint density at radius 3 is 2.95 bits per heavy atom. The van der Waals surface area contributed by atoms with Crippen molar-refractivity contribution in [2.24, 2.45) is 0 Å². The number of nitrogens with zero attached hydrogens (tertiary/aromatic N) is 3. The average Bonchev–Trinajstić information content (AvgIpc) is 3.24. The van der Waals surface area contributed by atoms with E-state index in [2.05, 4.69) is 23.3 Å². The molecule has 0 unspecified atom stereocenters. The molecule has 1 saturated carbocycles. The van der Waals surface area contributed by atoms with Crippen molar-refractivity contribution in [3.8, 4) is 11.4 Å². The van der Waals surface area contributed by atoms with Crippen LogP contribution >= 0.6 is 11.3 Å². The van der Waals surface area contributed by atoms with Gasteiger partial charge in [0, 0.05) is 28.9 Å². The predicted molar refractivity (Wildman–Crippen MR) is 86.7 cm³/mol. The van der Waals surface area contributed by atoms with Gasteiger partial charge in [0.15, 0.2) is 5.82 Å². The molecular formula is C16H16N4S. The SMILES string of the molecule is CCc1cc2c(NC3CC3)nc(-c3cccnc3)nc2s1. The Balaban J connectivity index is 1.87. The second kappa shape index (κ2) is 5.07. The summed E-state index contributed by atoms with van der Waals surface area (Å²) in [5.41, 5.74) is 0.963. The second-order valence-electron chi connectivity index (χ2n) is 5.34. The molecule has 0 amide bonds. The van der Waals surface area contributed by atoms with Crippen molar-refractivity contribution in [3.63, 3.8) is 0 Å². The minimum atomic E-state index is 0.579. The number of rotatable bonds is 4. The molecule has 3 heterocycles. The van der Waals surface area contributed by atoms with Crippen LogP contribution in [0.1, 0.15) is 24.6 Å². The summed E-state index contributed by atoms with van der Waals surface area (Å²) >= 11 is 1.76. The number of fused-ring (bicyclic) bond motifs is 1. The van der Waals surface area contributed by atoms with E-state index in [4.69, 9.17) is 9.97 Å². The van der Waals surface area contributed by atoms with E-state index in [1.807, 2.05) is 18.3 Å². The first-order chi connectivity index (χ1) is 10.3. The van der Waals surface area contributed by atoms with Crippen LogP contribution in [0.2, 0.25) is 0 Å². The fourth-order valence-corrected chi connectivity index (χ4v) is 3.27. The van der Waals surface area contributed by atoms with Crippen LogP contribution in [-0.2, 0) is 6.42 Å². The van der Waals surface area contributed by atoms with E-state index in [0.717, 1.165) is 33.8 Å². The summed E-state index contributed by atoms with van der Waals surface area (Å²) in [5, 5.41) is 4.69. The third kappa shape index (κ3) is 2.49. The highest BCUT2D eigenvalue weighted by Crippen LogP contribution is 2.34. The van der Waals surface area contributed by atoms with Gasteiger partial charge in [-0.05, 0) is 37.5 Å². The molecule has 5 heteroatoms. The summed E-state index contributed by atoms with van der Waals surface area (Å²) < 4.78 is 0. The van der Waals surface area contributed by atoms with Crippen LogP contribution in [0.15, 0.2) is 30.6 Å². The molecule has 0 aromatic carbocycles. The first kappa shape index (κ1) is 12.7. The Morgan fingerprint density at radius 1 is 1.33 bits per heavy atom. The molecule has 1 N–H and O–H groups in total. The van der Waals surface area contributed by atoms with E-state index >= 15 is 0 Å². The van der Waals surface area contributed by atoms with Gasteiger partial charge in [-0.1, -0.05) is 6.92 Å². The van der Waals surface area contributed by atoms with Gasteiger partial charge in [-0.25, -0.2) is 9.97 Å². The van der Waals surface area contributed by atoms with E-state index in [1.54, 1.807) is 17.5 Å². The molecule has 0 bridgehead atoms. The third-order valence-corrected chi connectivity index (χ3v) is 4.80. The normalized spacial score (nSPS) is 14.5. The number of aryl methyl sites for hydroxylation is 1. The Bertz CT molecular complexity index is 778. The maximum absolute atomic E-state index is 4.74. The van der Waals surface area contributed by atoms with Crippen LogP contribution in [0.5, 0.6) is 0 Å². The summed E-state index contributed by atoms with van der Waals surface area (Å²) in [5.74, 6) is 1.72. The van der Waals surface area contributed by atoms with Gasteiger partial charge in [-0.2, -0.15) is 0 Å². The van der Waals surface area contributed by atoms with Crippen molar-refractivity contribution in [2.45, 2.75) is 32.2 Å². The van der Waals surface area contributed by atoms with Crippen LogP contribution in [0, 0.1) is 0 Å². The number of nitrogens with one attached hydrogen (secondary N) is 1. The highest BCUT2D eigenvalue weighted by molar-refractivity contribution is 7.18. The molecule has 3 aromatic heterocycles. The van der Waals surface area contributed by atoms with E-state index in [9.17, 15) is 0 Å². The van der Waals surface area contributed by atoms with Gasteiger partial charge in [0.2, 0.25) is 0 Å². The van der Waals surface area contributed by atoms with Gasteiger partial charge in [-0.3, -0.25) is 4.98 Å².